The van der Waals surface area contributed by atoms with Gasteiger partial charge in [0.2, 0.25) is 0 Å². The summed E-state index contributed by atoms with van der Waals surface area (Å²) in [5, 5.41) is 3.84. The molecule has 0 amide bonds. The van der Waals surface area contributed by atoms with Gasteiger partial charge in [0.25, 0.3) is 0 Å². The quantitative estimate of drug-likeness (QED) is 0.766. The molecule has 0 spiro atoms. The highest BCUT2D eigenvalue weighted by molar-refractivity contribution is 4.90. The van der Waals surface area contributed by atoms with E-state index >= 15 is 0 Å². The van der Waals surface area contributed by atoms with Gasteiger partial charge in [-0.3, -0.25) is 0 Å². The SMILES string of the molecule is CC1CCCCN1CCCNC1CN2CCC1CC2. The van der Waals surface area contributed by atoms with Crippen LogP contribution in [0, 0.1) is 5.92 Å². The van der Waals surface area contributed by atoms with Crippen molar-refractivity contribution in [2.24, 2.45) is 5.92 Å². The molecule has 0 saturated carbocycles. The van der Waals surface area contributed by atoms with Crippen molar-refractivity contribution in [2.45, 2.75) is 57.5 Å². The predicted octanol–water partition coefficient (Wildman–Crippen LogP) is 1.93. The Morgan fingerprint density at radius 1 is 1.05 bits per heavy atom. The first-order valence-electron chi connectivity index (χ1n) is 8.53. The maximum atomic E-state index is 3.84. The Bertz CT molecular complexity index is 273. The molecule has 4 fully saturated rings. The second-order valence-electron chi connectivity index (χ2n) is 6.93. The van der Waals surface area contributed by atoms with Gasteiger partial charge in [0, 0.05) is 18.6 Å². The summed E-state index contributed by atoms with van der Waals surface area (Å²) in [5.74, 6) is 0.971. The molecule has 4 aliphatic rings. The van der Waals surface area contributed by atoms with Gasteiger partial charge in [0.15, 0.2) is 0 Å². The Labute approximate surface area is 118 Å². The standard InChI is InChI=1S/C16H31N3/c1-14-5-2-3-9-19(14)10-4-8-17-16-13-18-11-6-15(16)7-12-18/h14-17H,2-13H2,1H3. The fraction of sp³-hybridized carbons (Fsp3) is 1.00. The molecule has 2 bridgehead atoms. The zero-order valence-corrected chi connectivity index (χ0v) is 12.6. The second-order valence-corrected chi connectivity index (χ2v) is 6.93. The van der Waals surface area contributed by atoms with Crippen LogP contribution in [-0.2, 0) is 0 Å². The van der Waals surface area contributed by atoms with Crippen molar-refractivity contribution in [3.05, 3.63) is 0 Å². The van der Waals surface area contributed by atoms with Crippen LogP contribution in [0.5, 0.6) is 0 Å². The molecular weight excluding hydrogens is 234 g/mol. The van der Waals surface area contributed by atoms with Crippen molar-refractivity contribution in [2.75, 3.05) is 39.3 Å². The van der Waals surface area contributed by atoms with Gasteiger partial charge in [0.05, 0.1) is 0 Å². The van der Waals surface area contributed by atoms with Gasteiger partial charge in [-0.25, -0.2) is 0 Å². The number of fused-ring (bicyclic) bond motifs is 3. The first-order valence-corrected chi connectivity index (χ1v) is 8.53. The molecule has 3 nitrogen and oxygen atoms in total. The van der Waals surface area contributed by atoms with Crippen LogP contribution in [0.2, 0.25) is 0 Å². The topological polar surface area (TPSA) is 18.5 Å². The van der Waals surface area contributed by atoms with Crippen LogP contribution in [0.25, 0.3) is 0 Å². The minimum atomic E-state index is 0.793. The molecule has 4 rings (SSSR count). The lowest BCUT2D eigenvalue weighted by molar-refractivity contribution is 0.0717. The van der Waals surface area contributed by atoms with Gasteiger partial charge in [-0.2, -0.15) is 0 Å². The molecule has 3 heteroatoms. The van der Waals surface area contributed by atoms with Gasteiger partial charge in [-0.15, -0.1) is 0 Å². The number of hydrogen-bond acceptors (Lipinski definition) is 3. The fourth-order valence-electron chi connectivity index (χ4n) is 4.26. The number of nitrogens with one attached hydrogen (secondary N) is 1. The number of rotatable bonds is 5. The molecule has 4 heterocycles. The van der Waals surface area contributed by atoms with E-state index in [4.69, 9.17) is 0 Å². The third-order valence-corrected chi connectivity index (χ3v) is 5.63. The summed E-state index contributed by atoms with van der Waals surface area (Å²) in [6.45, 7) is 10.3. The first kappa shape index (κ1) is 13.8. The molecule has 1 N–H and O–H groups in total. The second kappa shape index (κ2) is 6.55. The molecule has 4 saturated heterocycles. The molecular formula is C16H31N3. The molecule has 0 aromatic rings. The van der Waals surface area contributed by atoms with Crippen LogP contribution in [-0.4, -0.2) is 61.2 Å². The molecule has 0 aliphatic carbocycles. The highest BCUT2D eigenvalue weighted by Gasteiger charge is 2.33. The number of likely N-dealkylation sites (tertiary alicyclic amines) is 1. The van der Waals surface area contributed by atoms with E-state index in [1.54, 1.807) is 0 Å². The summed E-state index contributed by atoms with van der Waals surface area (Å²) in [6.07, 6.45) is 8.45. The number of hydrogen-bond donors (Lipinski definition) is 1. The summed E-state index contributed by atoms with van der Waals surface area (Å²) < 4.78 is 0. The Kier molecular flexibility index (Phi) is 4.78. The molecule has 2 atom stereocenters. The van der Waals surface area contributed by atoms with Gasteiger partial charge in [-0.05, 0) is 77.7 Å². The lowest BCUT2D eigenvalue weighted by Gasteiger charge is -2.45. The normalized spacial score (nSPS) is 39.6. The minimum Gasteiger partial charge on any atom is -0.312 e. The molecule has 0 aromatic heterocycles. The Morgan fingerprint density at radius 2 is 1.89 bits per heavy atom. The van der Waals surface area contributed by atoms with E-state index in [-0.39, 0.29) is 0 Å². The van der Waals surface area contributed by atoms with E-state index in [2.05, 4.69) is 22.0 Å². The van der Waals surface area contributed by atoms with Crippen molar-refractivity contribution in [3.63, 3.8) is 0 Å². The summed E-state index contributed by atoms with van der Waals surface area (Å²) in [5.41, 5.74) is 0. The van der Waals surface area contributed by atoms with Crippen LogP contribution in [0.4, 0.5) is 0 Å². The highest BCUT2D eigenvalue weighted by atomic mass is 15.2. The van der Waals surface area contributed by atoms with E-state index < -0.39 is 0 Å². The number of nitrogens with zero attached hydrogens (tertiary/aromatic N) is 2. The lowest BCUT2D eigenvalue weighted by Crippen LogP contribution is -2.56. The highest BCUT2D eigenvalue weighted by Crippen LogP contribution is 2.27. The Balaban J connectivity index is 1.32. The molecule has 4 aliphatic heterocycles. The zero-order valence-electron chi connectivity index (χ0n) is 12.6. The third-order valence-electron chi connectivity index (χ3n) is 5.63. The lowest BCUT2D eigenvalue weighted by atomic mass is 9.84. The van der Waals surface area contributed by atoms with Gasteiger partial charge in [0.1, 0.15) is 0 Å². The Morgan fingerprint density at radius 3 is 2.58 bits per heavy atom. The van der Waals surface area contributed by atoms with Crippen molar-refractivity contribution in [1.82, 2.24) is 15.1 Å². The monoisotopic (exact) mass is 265 g/mol. The molecule has 0 aromatic carbocycles. The van der Waals surface area contributed by atoms with Gasteiger partial charge in [-0.1, -0.05) is 6.42 Å². The van der Waals surface area contributed by atoms with Crippen molar-refractivity contribution >= 4 is 0 Å². The predicted molar refractivity (Wildman–Crippen MR) is 80.5 cm³/mol. The third kappa shape index (κ3) is 3.50. The van der Waals surface area contributed by atoms with E-state index in [1.165, 1.54) is 77.8 Å². The largest absolute Gasteiger partial charge is 0.312 e. The van der Waals surface area contributed by atoms with Crippen molar-refractivity contribution in [3.8, 4) is 0 Å². The van der Waals surface area contributed by atoms with Gasteiger partial charge >= 0.3 is 0 Å². The number of piperidine rings is 4. The van der Waals surface area contributed by atoms with Crippen LogP contribution >= 0.6 is 0 Å². The fourth-order valence-corrected chi connectivity index (χ4v) is 4.26. The summed E-state index contributed by atoms with van der Waals surface area (Å²) >= 11 is 0. The van der Waals surface area contributed by atoms with Crippen LogP contribution in [0.3, 0.4) is 0 Å². The van der Waals surface area contributed by atoms with Crippen molar-refractivity contribution < 1.29 is 0 Å². The maximum Gasteiger partial charge on any atom is 0.0224 e. The zero-order chi connectivity index (χ0) is 13.1. The van der Waals surface area contributed by atoms with E-state index in [9.17, 15) is 0 Å². The molecule has 2 unspecified atom stereocenters. The minimum absolute atomic E-state index is 0.793. The van der Waals surface area contributed by atoms with Gasteiger partial charge < -0.3 is 15.1 Å². The molecule has 0 radical (unpaired) electrons. The van der Waals surface area contributed by atoms with Crippen LogP contribution in [0.15, 0.2) is 0 Å². The summed E-state index contributed by atoms with van der Waals surface area (Å²) in [7, 11) is 0. The smallest absolute Gasteiger partial charge is 0.0224 e. The average Bonchev–Trinajstić information content (AvgIpc) is 2.47. The van der Waals surface area contributed by atoms with E-state index in [0.717, 1.165) is 18.0 Å². The first-order chi connectivity index (χ1) is 9.33. The maximum absolute atomic E-state index is 3.84. The molecule has 19 heavy (non-hydrogen) atoms. The average molecular weight is 265 g/mol. The summed E-state index contributed by atoms with van der Waals surface area (Å²) in [4.78, 5) is 5.34. The van der Waals surface area contributed by atoms with E-state index in [0.29, 0.717) is 0 Å². The molecule has 110 valence electrons. The van der Waals surface area contributed by atoms with E-state index in [1.807, 2.05) is 0 Å². The van der Waals surface area contributed by atoms with Crippen molar-refractivity contribution in [1.29, 1.82) is 0 Å². The van der Waals surface area contributed by atoms with Crippen LogP contribution < -0.4 is 5.32 Å². The summed E-state index contributed by atoms with van der Waals surface area (Å²) in [6, 6.07) is 1.62. The van der Waals surface area contributed by atoms with Crippen LogP contribution in [0.1, 0.15) is 45.4 Å². The Hall–Kier alpha value is -0.120.